The van der Waals surface area contributed by atoms with Crippen LogP contribution < -0.4 is 10.1 Å². The highest BCUT2D eigenvalue weighted by Gasteiger charge is 2.14. The third-order valence-electron chi connectivity index (χ3n) is 3.01. The minimum absolute atomic E-state index is 0.596. The Kier molecular flexibility index (Phi) is 5.68. The maximum absolute atomic E-state index is 5.59. The number of ether oxygens (including phenoxy) is 2. The lowest BCUT2D eigenvalue weighted by Crippen LogP contribution is -2.13. The predicted octanol–water partition coefficient (Wildman–Crippen LogP) is 2.88. The molecule has 3 nitrogen and oxygen atoms in total. The Balaban J connectivity index is 1.78. The van der Waals surface area contributed by atoms with E-state index in [1.165, 1.54) is 17.9 Å². The van der Waals surface area contributed by atoms with Crippen molar-refractivity contribution in [2.45, 2.75) is 6.42 Å². The molecule has 1 fully saturated rings. The number of hydrogen-bond acceptors (Lipinski definition) is 4. The second kappa shape index (κ2) is 7.54. The number of thioether (sulfide) groups is 1. The van der Waals surface area contributed by atoms with Crippen molar-refractivity contribution in [1.29, 1.82) is 0 Å². The number of methoxy groups -OCH3 is 1. The largest absolute Gasteiger partial charge is 0.491 e. The Morgan fingerprint density at radius 3 is 3.11 bits per heavy atom. The van der Waals surface area contributed by atoms with Crippen LogP contribution in [0.3, 0.4) is 0 Å². The van der Waals surface area contributed by atoms with Crippen molar-refractivity contribution >= 4 is 17.4 Å². The Morgan fingerprint density at radius 2 is 2.33 bits per heavy atom. The summed E-state index contributed by atoms with van der Waals surface area (Å²) >= 11 is 2.06. The Bertz CT molecular complexity index is 353. The second-order valence-corrected chi connectivity index (χ2v) is 5.63. The number of rotatable bonds is 7. The standard InChI is InChI=1S/C14H21NO2S/c1-16-6-7-17-14-4-2-3-13(9-14)15-10-12-5-8-18-11-12/h2-4,9,12,15H,5-8,10-11H2,1H3. The fraction of sp³-hybridized carbons (Fsp3) is 0.571. The minimum atomic E-state index is 0.596. The van der Waals surface area contributed by atoms with Gasteiger partial charge in [-0.05, 0) is 36.0 Å². The summed E-state index contributed by atoms with van der Waals surface area (Å²) in [5.41, 5.74) is 1.14. The van der Waals surface area contributed by atoms with Crippen molar-refractivity contribution in [3.8, 4) is 5.75 Å². The SMILES string of the molecule is COCCOc1cccc(NCC2CCSC2)c1. The average molecular weight is 267 g/mol. The van der Waals surface area contributed by atoms with Crippen molar-refractivity contribution in [2.75, 3.05) is 43.7 Å². The molecule has 4 heteroatoms. The summed E-state index contributed by atoms with van der Waals surface area (Å²) in [6.45, 7) is 2.28. The van der Waals surface area contributed by atoms with Crippen LogP contribution in [-0.2, 0) is 4.74 Å². The summed E-state index contributed by atoms with van der Waals surface area (Å²) in [7, 11) is 1.68. The molecular formula is C14H21NO2S. The normalized spacial score (nSPS) is 18.8. The Morgan fingerprint density at radius 1 is 1.39 bits per heavy atom. The van der Waals surface area contributed by atoms with Gasteiger partial charge >= 0.3 is 0 Å². The van der Waals surface area contributed by atoms with Crippen LogP contribution in [0.5, 0.6) is 5.75 Å². The highest BCUT2D eigenvalue weighted by atomic mass is 32.2. The maximum Gasteiger partial charge on any atom is 0.121 e. The van der Waals surface area contributed by atoms with Crippen LogP contribution in [0.25, 0.3) is 0 Å². The van der Waals surface area contributed by atoms with E-state index in [2.05, 4.69) is 29.2 Å². The first kappa shape index (κ1) is 13.6. The highest BCUT2D eigenvalue weighted by molar-refractivity contribution is 7.99. The quantitative estimate of drug-likeness (QED) is 0.770. The van der Waals surface area contributed by atoms with Crippen LogP contribution in [0.1, 0.15) is 6.42 Å². The van der Waals surface area contributed by atoms with Crippen LogP contribution in [0, 0.1) is 5.92 Å². The van der Waals surface area contributed by atoms with E-state index < -0.39 is 0 Å². The van der Waals surface area contributed by atoms with Gasteiger partial charge in [-0.25, -0.2) is 0 Å². The molecule has 1 unspecified atom stereocenters. The Labute approximate surface area is 113 Å². The molecule has 1 aromatic rings. The summed E-state index contributed by atoms with van der Waals surface area (Å²) in [5, 5.41) is 3.49. The number of nitrogens with one attached hydrogen (secondary N) is 1. The first-order valence-corrected chi connectivity index (χ1v) is 7.57. The van der Waals surface area contributed by atoms with E-state index >= 15 is 0 Å². The molecule has 1 aliphatic rings. The lowest BCUT2D eigenvalue weighted by molar-refractivity contribution is 0.146. The molecule has 1 aromatic carbocycles. The van der Waals surface area contributed by atoms with E-state index in [0.29, 0.717) is 13.2 Å². The van der Waals surface area contributed by atoms with E-state index in [9.17, 15) is 0 Å². The lowest BCUT2D eigenvalue weighted by Gasteiger charge is -2.12. The smallest absolute Gasteiger partial charge is 0.121 e. The molecule has 0 radical (unpaired) electrons. The molecule has 1 heterocycles. The van der Waals surface area contributed by atoms with Gasteiger partial charge in [-0.1, -0.05) is 6.07 Å². The fourth-order valence-corrected chi connectivity index (χ4v) is 3.23. The average Bonchev–Trinajstić information content (AvgIpc) is 2.90. The highest BCUT2D eigenvalue weighted by Crippen LogP contribution is 2.24. The van der Waals surface area contributed by atoms with Crippen molar-refractivity contribution in [2.24, 2.45) is 5.92 Å². The van der Waals surface area contributed by atoms with Crippen LogP contribution in [0.2, 0.25) is 0 Å². The van der Waals surface area contributed by atoms with Crippen LogP contribution in [-0.4, -0.2) is 38.4 Å². The van der Waals surface area contributed by atoms with Gasteiger partial charge < -0.3 is 14.8 Å². The monoisotopic (exact) mass is 267 g/mol. The van der Waals surface area contributed by atoms with Gasteiger partial charge in [0.1, 0.15) is 12.4 Å². The summed E-state index contributed by atoms with van der Waals surface area (Å²) in [6.07, 6.45) is 1.34. The van der Waals surface area contributed by atoms with E-state index in [0.717, 1.165) is 23.9 Å². The number of hydrogen-bond donors (Lipinski definition) is 1. The molecule has 0 amide bonds. The van der Waals surface area contributed by atoms with E-state index in [1.807, 2.05) is 12.1 Å². The minimum Gasteiger partial charge on any atom is -0.491 e. The molecule has 0 saturated carbocycles. The Hall–Kier alpha value is -0.870. The molecular weight excluding hydrogens is 246 g/mol. The maximum atomic E-state index is 5.59. The van der Waals surface area contributed by atoms with Crippen molar-refractivity contribution in [1.82, 2.24) is 0 Å². The van der Waals surface area contributed by atoms with Crippen molar-refractivity contribution in [3.05, 3.63) is 24.3 Å². The summed E-state index contributed by atoms with van der Waals surface area (Å²) in [5.74, 6) is 4.31. The molecule has 1 atom stereocenters. The fourth-order valence-electron chi connectivity index (χ4n) is 1.95. The van der Waals surface area contributed by atoms with Crippen LogP contribution >= 0.6 is 11.8 Å². The zero-order chi connectivity index (χ0) is 12.6. The molecule has 0 aliphatic carbocycles. The topological polar surface area (TPSA) is 30.5 Å². The molecule has 2 rings (SSSR count). The van der Waals surface area contributed by atoms with Gasteiger partial charge in [0.25, 0.3) is 0 Å². The zero-order valence-corrected chi connectivity index (χ0v) is 11.7. The van der Waals surface area contributed by atoms with Gasteiger partial charge in [0.15, 0.2) is 0 Å². The summed E-state index contributed by atoms with van der Waals surface area (Å²) in [4.78, 5) is 0. The molecule has 0 aromatic heterocycles. The predicted molar refractivity (Wildman–Crippen MR) is 77.7 cm³/mol. The molecule has 1 aliphatic heterocycles. The molecule has 1 N–H and O–H groups in total. The van der Waals surface area contributed by atoms with Gasteiger partial charge in [-0.2, -0.15) is 11.8 Å². The molecule has 0 bridgehead atoms. The zero-order valence-electron chi connectivity index (χ0n) is 10.9. The number of benzene rings is 1. The second-order valence-electron chi connectivity index (χ2n) is 4.48. The third kappa shape index (κ3) is 4.42. The van der Waals surface area contributed by atoms with Gasteiger partial charge in [-0.15, -0.1) is 0 Å². The molecule has 0 spiro atoms. The summed E-state index contributed by atoms with van der Waals surface area (Å²) in [6, 6.07) is 8.14. The van der Waals surface area contributed by atoms with Gasteiger partial charge in [0, 0.05) is 25.4 Å². The molecule has 18 heavy (non-hydrogen) atoms. The summed E-state index contributed by atoms with van der Waals surface area (Å²) < 4.78 is 10.6. The van der Waals surface area contributed by atoms with Crippen LogP contribution in [0.15, 0.2) is 24.3 Å². The van der Waals surface area contributed by atoms with Gasteiger partial charge in [-0.3, -0.25) is 0 Å². The number of anilines is 1. The van der Waals surface area contributed by atoms with Gasteiger partial charge in [0.05, 0.1) is 6.61 Å². The molecule has 100 valence electrons. The van der Waals surface area contributed by atoms with Gasteiger partial charge in [0.2, 0.25) is 0 Å². The first-order valence-electron chi connectivity index (χ1n) is 6.42. The van der Waals surface area contributed by atoms with Crippen LogP contribution in [0.4, 0.5) is 5.69 Å². The van der Waals surface area contributed by atoms with Crippen molar-refractivity contribution in [3.63, 3.8) is 0 Å². The van der Waals surface area contributed by atoms with E-state index in [1.54, 1.807) is 7.11 Å². The van der Waals surface area contributed by atoms with E-state index in [4.69, 9.17) is 9.47 Å². The third-order valence-corrected chi connectivity index (χ3v) is 4.24. The van der Waals surface area contributed by atoms with Crippen molar-refractivity contribution < 1.29 is 9.47 Å². The lowest BCUT2D eigenvalue weighted by atomic mass is 10.1. The van der Waals surface area contributed by atoms with E-state index in [-0.39, 0.29) is 0 Å². The molecule has 1 saturated heterocycles. The first-order chi connectivity index (χ1) is 8.88.